The van der Waals surface area contributed by atoms with E-state index in [2.05, 4.69) is 37.3 Å². The SMILES string of the molecule is CC.CC.CC.CCCc1ccccc1. The maximum Gasteiger partial charge on any atom is -0.0281 e. The van der Waals surface area contributed by atoms with Gasteiger partial charge >= 0.3 is 0 Å². The molecule has 0 bridgehead atoms. The van der Waals surface area contributed by atoms with Crippen molar-refractivity contribution < 1.29 is 0 Å². The quantitative estimate of drug-likeness (QED) is 0.586. The summed E-state index contributed by atoms with van der Waals surface area (Å²) in [6.45, 7) is 14.2. The van der Waals surface area contributed by atoms with Gasteiger partial charge < -0.3 is 0 Å². The van der Waals surface area contributed by atoms with E-state index in [1.54, 1.807) is 0 Å². The van der Waals surface area contributed by atoms with Crippen LogP contribution in [0.15, 0.2) is 30.3 Å². The standard InChI is InChI=1S/C9H12.3C2H6/c1-2-6-9-7-4-3-5-8-9;3*1-2/h3-5,7-8H,2,6H2,1H3;3*1-2H3. The second-order valence-corrected chi connectivity index (χ2v) is 2.24. The van der Waals surface area contributed by atoms with Gasteiger partial charge in [0.05, 0.1) is 0 Å². The second-order valence-electron chi connectivity index (χ2n) is 2.24. The zero-order valence-electron chi connectivity index (χ0n) is 11.8. The molecule has 1 rings (SSSR count). The average molecular weight is 210 g/mol. The number of rotatable bonds is 2. The first-order chi connectivity index (χ1) is 7.43. The Morgan fingerprint density at radius 2 is 1.13 bits per heavy atom. The zero-order chi connectivity index (χ0) is 12.5. The third-order valence-corrected chi connectivity index (χ3v) is 1.38. The Morgan fingerprint density at radius 1 is 0.733 bits per heavy atom. The van der Waals surface area contributed by atoms with Crippen molar-refractivity contribution in [2.45, 2.75) is 61.3 Å². The van der Waals surface area contributed by atoms with Crippen LogP contribution in [0, 0.1) is 0 Å². The maximum absolute atomic E-state index is 2.20. The molecule has 0 amide bonds. The van der Waals surface area contributed by atoms with Crippen LogP contribution in [0.1, 0.15) is 60.5 Å². The molecule has 0 heterocycles. The zero-order valence-corrected chi connectivity index (χ0v) is 11.8. The maximum atomic E-state index is 2.20. The molecular formula is C15H30. The molecule has 15 heavy (non-hydrogen) atoms. The first-order valence-electron chi connectivity index (χ1n) is 6.47. The average Bonchev–Trinajstić information content (AvgIpc) is 2.38. The lowest BCUT2D eigenvalue weighted by molar-refractivity contribution is 0.922. The Balaban J connectivity index is -0.000000208. The first kappa shape index (κ1) is 19.7. The Morgan fingerprint density at radius 3 is 1.47 bits per heavy atom. The molecular weight excluding hydrogens is 180 g/mol. The largest absolute Gasteiger partial charge is 0.0683 e. The summed E-state index contributed by atoms with van der Waals surface area (Å²) in [7, 11) is 0. The molecule has 1 aromatic carbocycles. The van der Waals surface area contributed by atoms with Crippen LogP contribution < -0.4 is 0 Å². The van der Waals surface area contributed by atoms with Crippen LogP contribution >= 0.6 is 0 Å². The predicted octanol–water partition coefficient (Wildman–Crippen LogP) is 5.72. The van der Waals surface area contributed by atoms with E-state index in [-0.39, 0.29) is 0 Å². The highest BCUT2D eigenvalue weighted by molar-refractivity contribution is 5.14. The van der Waals surface area contributed by atoms with Gasteiger partial charge in [0.25, 0.3) is 0 Å². The van der Waals surface area contributed by atoms with Crippen LogP contribution in [0.4, 0.5) is 0 Å². The van der Waals surface area contributed by atoms with Gasteiger partial charge in [-0.2, -0.15) is 0 Å². The smallest absolute Gasteiger partial charge is 0.0281 e. The normalized spacial score (nSPS) is 6.87. The molecule has 90 valence electrons. The molecule has 0 nitrogen and oxygen atoms in total. The number of aryl methyl sites for hydroxylation is 1. The molecule has 0 unspecified atom stereocenters. The molecule has 0 aliphatic carbocycles. The Labute approximate surface area is 97.7 Å². The topological polar surface area (TPSA) is 0 Å². The van der Waals surface area contributed by atoms with Crippen molar-refractivity contribution in [3.05, 3.63) is 35.9 Å². The van der Waals surface area contributed by atoms with Crippen LogP contribution in [-0.4, -0.2) is 0 Å². The van der Waals surface area contributed by atoms with Crippen molar-refractivity contribution in [2.24, 2.45) is 0 Å². The number of hydrogen-bond donors (Lipinski definition) is 0. The summed E-state index contributed by atoms with van der Waals surface area (Å²) in [4.78, 5) is 0. The summed E-state index contributed by atoms with van der Waals surface area (Å²) >= 11 is 0. The summed E-state index contributed by atoms with van der Waals surface area (Å²) in [5, 5.41) is 0. The van der Waals surface area contributed by atoms with Crippen molar-refractivity contribution >= 4 is 0 Å². The van der Waals surface area contributed by atoms with Crippen LogP contribution in [0.2, 0.25) is 0 Å². The molecule has 0 spiro atoms. The van der Waals surface area contributed by atoms with E-state index < -0.39 is 0 Å². The molecule has 0 N–H and O–H groups in total. The first-order valence-corrected chi connectivity index (χ1v) is 6.47. The fourth-order valence-corrected chi connectivity index (χ4v) is 0.933. The van der Waals surface area contributed by atoms with Gasteiger partial charge in [-0.05, 0) is 12.0 Å². The third-order valence-electron chi connectivity index (χ3n) is 1.38. The van der Waals surface area contributed by atoms with E-state index in [0.717, 1.165) is 0 Å². The van der Waals surface area contributed by atoms with E-state index in [9.17, 15) is 0 Å². The third kappa shape index (κ3) is 15.9. The lowest BCUT2D eigenvalue weighted by Gasteiger charge is -1.93. The number of benzene rings is 1. The van der Waals surface area contributed by atoms with E-state index in [0.29, 0.717) is 0 Å². The highest BCUT2D eigenvalue weighted by Gasteiger charge is 1.84. The predicted molar refractivity (Wildman–Crippen MR) is 74.5 cm³/mol. The van der Waals surface area contributed by atoms with E-state index in [4.69, 9.17) is 0 Å². The van der Waals surface area contributed by atoms with Crippen molar-refractivity contribution in [3.63, 3.8) is 0 Å². The van der Waals surface area contributed by atoms with Crippen molar-refractivity contribution in [3.8, 4) is 0 Å². The fraction of sp³-hybridized carbons (Fsp3) is 0.600. The minimum absolute atomic E-state index is 1.21. The summed E-state index contributed by atoms with van der Waals surface area (Å²) in [6, 6.07) is 10.6. The van der Waals surface area contributed by atoms with Gasteiger partial charge in [-0.15, -0.1) is 0 Å². The summed E-state index contributed by atoms with van der Waals surface area (Å²) < 4.78 is 0. The van der Waals surface area contributed by atoms with E-state index in [1.165, 1.54) is 18.4 Å². The lowest BCUT2D eigenvalue weighted by atomic mass is 10.1. The molecule has 0 saturated heterocycles. The molecule has 1 aromatic rings. The van der Waals surface area contributed by atoms with Crippen molar-refractivity contribution in [1.29, 1.82) is 0 Å². The van der Waals surface area contributed by atoms with Gasteiger partial charge in [-0.3, -0.25) is 0 Å². The second kappa shape index (κ2) is 23.2. The van der Waals surface area contributed by atoms with Crippen molar-refractivity contribution in [1.82, 2.24) is 0 Å². The van der Waals surface area contributed by atoms with Gasteiger partial charge in [0, 0.05) is 0 Å². The Hall–Kier alpha value is -0.780. The van der Waals surface area contributed by atoms with E-state index >= 15 is 0 Å². The molecule has 0 saturated carbocycles. The summed E-state index contributed by atoms with van der Waals surface area (Å²) in [5.74, 6) is 0. The van der Waals surface area contributed by atoms with Crippen LogP contribution in [0.25, 0.3) is 0 Å². The molecule has 0 fully saturated rings. The van der Waals surface area contributed by atoms with Crippen LogP contribution in [0.3, 0.4) is 0 Å². The highest BCUT2D eigenvalue weighted by atomic mass is 13.9. The minimum atomic E-state index is 1.21. The van der Waals surface area contributed by atoms with Crippen molar-refractivity contribution in [2.75, 3.05) is 0 Å². The lowest BCUT2D eigenvalue weighted by Crippen LogP contribution is -1.78. The van der Waals surface area contributed by atoms with Crippen LogP contribution in [-0.2, 0) is 6.42 Å². The monoisotopic (exact) mass is 210 g/mol. The molecule has 0 aliphatic heterocycles. The molecule has 0 aromatic heterocycles. The minimum Gasteiger partial charge on any atom is -0.0683 e. The van der Waals surface area contributed by atoms with Gasteiger partial charge in [0.2, 0.25) is 0 Å². The fourth-order valence-electron chi connectivity index (χ4n) is 0.933. The number of hydrogen-bond acceptors (Lipinski definition) is 0. The molecule has 0 radical (unpaired) electrons. The van der Waals surface area contributed by atoms with Gasteiger partial charge in [-0.1, -0.05) is 85.2 Å². The van der Waals surface area contributed by atoms with Gasteiger partial charge in [0.1, 0.15) is 0 Å². The molecule has 0 atom stereocenters. The molecule has 0 aliphatic rings. The summed E-state index contributed by atoms with van der Waals surface area (Å²) in [5.41, 5.74) is 1.44. The Kier molecular flexibility index (Phi) is 30.6. The van der Waals surface area contributed by atoms with E-state index in [1.807, 2.05) is 41.5 Å². The summed E-state index contributed by atoms with van der Waals surface area (Å²) in [6.07, 6.45) is 2.45. The van der Waals surface area contributed by atoms with Gasteiger partial charge in [0.15, 0.2) is 0 Å². The van der Waals surface area contributed by atoms with Gasteiger partial charge in [-0.25, -0.2) is 0 Å². The molecule has 0 heteroatoms. The Bertz CT molecular complexity index is 153. The van der Waals surface area contributed by atoms with Crippen LogP contribution in [0.5, 0.6) is 0 Å². The highest BCUT2D eigenvalue weighted by Crippen LogP contribution is 2.00.